The summed E-state index contributed by atoms with van der Waals surface area (Å²) < 4.78 is 40.1. The Kier molecular flexibility index (Phi) is 6.92. The molecule has 0 aliphatic carbocycles. The summed E-state index contributed by atoms with van der Waals surface area (Å²) in [6, 6.07) is 0. The molecule has 0 saturated heterocycles. The van der Waals surface area contributed by atoms with Crippen LogP contribution in [0, 0.1) is 0 Å². The van der Waals surface area contributed by atoms with E-state index >= 15 is 0 Å². The van der Waals surface area contributed by atoms with E-state index in [1.807, 2.05) is 0 Å². The van der Waals surface area contributed by atoms with Crippen LogP contribution in [-0.2, 0) is 4.74 Å². The smallest absolute Gasteiger partial charge is 0.409 e. The van der Waals surface area contributed by atoms with Gasteiger partial charge in [0.05, 0.1) is 6.61 Å². The predicted molar refractivity (Wildman–Crippen MR) is 54.2 cm³/mol. The van der Waals surface area contributed by atoms with Gasteiger partial charge >= 0.3 is 12.3 Å². The van der Waals surface area contributed by atoms with Crippen LogP contribution in [0.4, 0.5) is 18.0 Å². The fraction of sp³-hybridized carbons (Fsp3) is 0.900. The van der Waals surface area contributed by atoms with Gasteiger partial charge in [0.25, 0.3) is 0 Å². The van der Waals surface area contributed by atoms with E-state index in [1.165, 1.54) is 4.90 Å². The first-order valence-electron chi connectivity index (χ1n) is 5.24. The maximum atomic E-state index is 11.8. The molecule has 0 N–H and O–H groups in total. The van der Waals surface area contributed by atoms with E-state index in [4.69, 9.17) is 4.74 Å². The molecule has 0 aromatic rings. The molecule has 0 aliphatic rings. The summed E-state index contributed by atoms with van der Waals surface area (Å²) in [5.41, 5.74) is 0. The highest BCUT2D eigenvalue weighted by Crippen LogP contribution is 2.22. The van der Waals surface area contributed by atoms with Gasteiger partial charge in [0.15, 0.2) is 0 Å². The molecule has 0 atom stereocenters. The number of unbranched alkanes of at least 4 members (excludes halogenated alkanes) is 3. The van der Waals surface area contributed by atoms with Crippen LogP contribution in [0.25, 0.3) is 0 Å². The Hall–Kier alpha value is -0.940. The lowest BCUT2D eigenvalue weighted by Gasteiger charge is -2.10. The number of nitrogens with zero attached hydrogens (tertiary/aromatic N) is 1. The third kappa shape index (κ3) is 9.61. The van der Waals surface area contributed by atoms with Gasteiger partial charge in [-0.05, 0) is 12.8 Å². The van der Waals surface area contributed by atoms with Crippen molar-refractivity contribution in [3.05, 3.63) is 0 Å². The van der Waals surface area contributed by atoms with Crippen LogP contribution in [0.15, 0.2) is 0 Å². The molecule has 0 saturated carbocycles. The molecule has 0 fully saturated rings. The Morgan fingerprint density at radius 1 is 1.12 bits per heavy atom. The Balaban J connectivity index is 3.26. The number of ether oxygens (including phenoxy) is 1. The van der Waals surface area contributed by atoms with Crippen molar-refractivity contribution >= 4 is 6.09 Å². The van der Waals surface area contributed by atoms with Crippen LogP contribution >= 0.6 is 0 Å². The Morgan fingerprint density at radius 3 is 2.19 bits per heavy atom. The molecule has 6 heteroatoms. The molecule has 0 heterocycles. The van der Waals surface area contributed by atoms with Crippen LogP contribution in [0.2, 0.25) is 0 Å². The zero-order valence-corrected chi connectivity index (χ0v) is 9.64. The van der Waals surface area contributed by atoms with E-state index in [0.717, 1.165) is 0 Å². The number of hydrogen-bond donors (Lipinski definition) is 0. The third-order valence-electron chi connectivity index (χ3n) is 1.95. The molecule has 3 nitrogen and oxygen atoms in total. The normalized spacial score (nSPS) is 11.3. The van der Waals surface area contributed by atoms with Gasteiger partial charge in [-0.1, -0.05) is 12.8 Å². The first-order chi connectivity index (χ1) is 7.33. The van der Waals surface area contributed by atoms with E-state index in [-0.39, 0.29) is 13.0 Å². The first-order valence-corrected chi connectivity index (χ1v) is 5.24. The first kappa shape index (κ1) is 15.1. The second kappa shape index (κ2) is 7.35. The van der Waals surface area contributed by atoms with Gasteiger partial charge in [-0.3, -0.25) is 0 Å². The average molecular weight is 241 g/mol. The van der Waals surface area contributed by atoms with Gasteiger partial charge < -0.3 is 9.64 Å². The fourth-order valence-corrected chi connectivity index (χ4v) is 1.07. The molecule has 0 aromatic heterocycles. The number of carbonyl (C=O) groups excluding carboxylic acids is 1. The summed E-state index contributed by atoms with van der Waals surface area (Å²) in [5.74, 6) is 0. The van der Waals surface area contributed by atoms with Crippen molar-refractivity contribution < 1.29 is 22.7 Å². The van der Waals surface area contributed by atoms with Crippen LogP contribution in [0.5, 0.6) is 0 Å². The highest BCUT2D eigenvalue weighted by Gasteiger charge is 2.25. The quantitative estimate of drug-likeness (QED) is 0.668. The van der Waals surface area contributed by atoms with E-state index in [9.17, 15) is 18.0 Å². The van der Waals surface area contributed by atoms with Crippen LogP contribution in [-0.4, -0.2) is 37.9 Å². The monoisotopic (exact) mass is 241 g/mol. The highest BCUT2D eigenvalue weighted by molar-refractivity contribution is 5.66. The molecular formula is C10H18F3NO2. The fourth-order valence-electron chi connectivity index (χ4n) is 1.07. The zero-order valence-electron chi connectivity index (χ0n) is 9.64. The van der Waals surface area contributed by atoms with Crippen molar-refractivity contribution in [2.45, 2.75) is 38.3 Å². The predicted octanol–water partition coefficient (Wildman–Crippen LogP) is 3.20. The van der Waals surface area contributed by atoms with Gasteiger partial charge in [0, 0.05) is 20.5 Å². The maximum Gasteiger partial charge on any atom is 0.409 e. The van der Waals surface area contributed by atoms with Crippen LogP contribution < -0.4 is 0 Å². The van der Waals surface area contributed by atoms with Crippen molar-refractivity contribution in [1.82, 2.24) is 4.90 Å². The van der Waals surface area contributed by atoms with Crippen molar-refractivity contribution in [2.75, 3.05) is 20.7 Å². The largest absolute Gasteiger partial charge is 0.449 e. The number of halogens is 3. The summed E-state index contributed by atoms with van der Waals surface area (Å²) in [7, 11) is 3.15. The molecule has 0 radical (unpaired) electrons. The molecular weight excluding hydrogens is 223 g/mol. The molecule has 0 bridgehead atoms. The highest BCUT2D eigenvalue weighted by atomic mass is 19.4. The summed E-state index contributed by atoms with van der Waals surface area (Å²) in [6.07, 6.45) is -3.30. The van der Waals surface area contributed by atoms with Gasteiger partial charge in [0.2, 0.25) is 0 Å². The summed E-state index contributed by atoms with van der Waals surface area (Å²) >= 11 is 0. The van der Waals surface area contributed by atoms with Crippen molar-refractivity contribution in [2.24, 2.45) is 0 Å². The molecule has 0 unspecified atom stereocenters. The van der Waals surface area contributed by atoms with Gasteiger partial charge in [-0.15, -0.1) is 0 Å². The summed E-state index contributed by atoms with van der Waals surface area (Å²) in [6.45, 7) is 0.267. The van der Waals surface area contributed by atoms with E-state index in [1.54, 1.807) is 14.1 Å². The van der Waals surface area contributed by atoms with Crippen molar-refractivity contribution in [1.29, 1.82) is 0 Å². The lowest BCUT2D eigenvalue weighted by atomic mass is 10.1. The SMILES string of the molecule is CN(C)C(=O)OCCCCCCC(F)(F)F. The zero-order chi connectivity index (χ0) is 12.6. The Labute approximate surface area is 93.6 Å². The number of hydrogen-bond acceptors (Lipinski definition) is 2. The minimum absolute atomic E-state index is 0.144. The average Bonchev–Trinajstić information content (AvgIpc) is 2.14. The minimum Gasteiger partial charge on any atom is -0.449 e. The Morgan fingerprint density at radius 2 is 1.69 bits per heavy atom. The molecule has 0 rings (SSSR count). The molecule has 0 aliphatic heterocycles. The van der Waals surface area contributed by atoms with Crippen molar-refractivity contribution in [3.8, 4) is 0 Å². The number of amides is 1. The van der Waals surface area contributed by atoms with Gasteiger partial charge in [-0.25, -0.2) is 4.79 Å². The lowest BCUT2D eigenvalue weighted by molar-refractivity contribution is -0.135. The van der Waals surface area contributed by atoms with Gasteiger partial charge in [-0.2, -0.15) is 13.2 Å². The van der Waals surface area contributed by atoms with E-state index < -0.39 is 18.7 Å². The number of alkyl halides is 3. The molecule has 1 amide bonds. The second-order valence-electron chi connectivity index (χ2n) is 3.79. The standard InChI is InChI=1S/C10H18F3NO2/c1-14(2)9(15)16-8-6-4-3-5-7-10(11,12)13/h3-8H2,1-2H3. The molecule has 0 aromatic carbocycles. The Bertz CT molecular complexity index is 205. The second-order valence-corrected chi connectivity index (χ2v) is 3.79. The topological polar surface area (TPSA) is 29.5 Å². The van der Waals surface area contributed by atoms with Crippen LogP contribution in [0.1, 0.15) is 32.1 Å². The van der Waals surface area contributed by atoms with Gasteiger partial charge in [0.1, 0.15) is 0 Å². The minimum atomic E-state index is -4.06. The molecule has 96 valence electrons. The van der Waals surface area contributed by atoms with Crippen molar-refractivity contribution in [3.63, 3.8) is 0 Å². The number of rotatable bonds is 6. The maximum absolute atomic E-state index is 11.8. The van der Waals surface area contributed by atoms with Crippen LogP contribution in [0.3, 0.4) is 0 Å². The molecule has 16 heavy (non-hydrogen) atoms. The van der Waals surface area contributed by atoms with E-state index in [2.05, 4.69) is 0 Å². The lowest BCUT2D eigenvalue weighted by Crippen LogP contribution is -2.23. The molecule has 0 spiro atoms. The third-order valence-corrected chi connectivity index (χ3v) is 1.95. The number of carbonyl (C=O) groups is 1. The van der Waals surface area contributed by atoms with E-state index in [0.29, 0.717) is 19.3 Å². The summed E-state index contributed by atoms with van der Waals surface area (Å²) in [4.78, 5) is 12.2. The summed E-state index contributed by atoms with van der Waals surface area (Å²) in [5, 5.41) is 0.